The summed E-state index contributed by atoms with van der Waals surface area (Å²) >= 11 is 0. The molecule has 0 aliphatic heterocycles. The smallest absolute Gasteiger partial charge is 0.254 e. The Hall–Kier alpha value is -2.38. The number of nitrogens with one attached hydrogen (secondary N) is 1. The Bertz CT molecular complexity index is 963. The fourth-order valence-electron chi connectivity index (χ4n) is 2.83. The van der Waals surface area contributed by atoms with Crippen LogP contribution in [0.15, 0.2) is 47.4 Å². The third-order valence-corrected chi connectivity index (χ3v) is 5.89. The lowest BCUT2D eigenvalue weighted by molar-refractivity contribution is 0.0783. The van der Waals surface area contributed by atoms with E-state index in [9.17, 15) is 13.2 Å². The lowest BCUT2D eigenvalue weighted by Gasteiger charge is -2.22. The van der Waals surface area contributed by atoms with Gasteiger partial charge in [-0.1, -0.05) is 24.3 Å². The number of aryl methyl sites for hydroxylation is 1. The van der Waals surface area contributed by atoms with Crippen LogP contribution in [0.2, 0.25) is 0 Å². The van der Waals surface area contributed by atoms with Gasteiger partial charge in [-0.2, -0.15) is 0 Å². The summed E-state index contributed by atoms with van der Waals surface area (Å²) in [5.74, 6) is 0.445. The van der Waals surface area contributed by atoms with Crippen molar-refractivity contribution in [1.29, 1.82) is 0 Å². The van der Waals surface area contributed by atoms with Crippen molar-refractivity contribution in [3.8, 4) is 5.75 Å². The molecule has 2 aromatic carbocycles. The molecule has 0 radical (unpaired) electrons. The molecule has 0 saturated carbocycles. The van der Waals surface area contributed by atoms with Gasteiger partial charge in [-0.25, -0.2) is 13.1 Å². The minimum Gasteiger partial charge on any atom is -0.496 e. The number of benzene rings is 2. The lowest BCUT2D eigenvalue weighted by Crippen LogP contribution is -2.40. The second kappa shape index (κ2) is 8.32. The molecule has 7 heteroatoms. The summed E-state index contributed by atoms with van der Waals surface area (Å²) in [4.78, 5) is 14.6. The summed E-state index contributed by atoms with van der Waals surface area (Å²) in [6.45, 7) is 7.45. The van der Waals surface area contributed by atoms with Gasteiger partial charge in [0.25, 0.3) is 5.91 Å². The first-order valence-corrected chi connectivity index (χ1v) is 10.4. The molecule has 0 aromatic heterocycles. The average molecular weight is 405 g/mol. The van der Waals surface area contributed by atoms with Crippen molar-refractivity contribution in [3.05, 3.63) is 59.2 Å². The Morgan fingerprint density at radius 3 is 2.39 bits per heavy atom. The highest BCUT2D eigenvalue weighted by atomic mass is 32.2. The first kappa shape index (κ1) is 21.9. The van der Waals surface area contributed by atoms with Gasteiger partial charge >= 0.3 is 0 Å². The van der Waals surface area contributed by atoms with Gasteiger partial charge < -0.3 is 9.64 Å². The molecule has 0 unspecified atom stereocenters. The first-order chi connectivity index (χ1) is 12.9. The minimum atomic E-state index is -3.73. The molecule has 0 bridgehead atoms. The van der Waals surface area contributed by atoms with E-state index in [1.807, 2.05) is 24.3 Å². The molecule has 28 heavy (non-hydrogen) atoms. The zero-order valence-electron chi connectivity index (χ0n) is 17.2. The van der Waals surface area contributed by atoms with Crippen molar-refractivity contribution in [1.82, 2.24) is 9.62 Å². The van der Waals surface area contributed by atoms with E-state index in [0.717, 1.165) is 5.56 Å². The van der Waals surface area contributed by atoms with Gasteiger partial charge in [-0.3, -0.25) is 4.79 Å². The van der Waals surface area contributed by atoms with E-state index in [4.69, 9.17) is 4.74 Å². The standard InChI is InChI=1S/C21H28N2O4S/c1-15-11-12-17(28(25,26)22-21(2,3)4)13-18(15)20(24)23(5)14-16-9-7-8-10-19(16)27-6/h7-13,22H,14H2,1-6H3. The highest BCUT2D eigenvalue weighted by molar-refractivity contribution is 7.89. The van der Waals surface area contributed by atoms with E-state index in [-0.39, 0.29) is 10.8 Å². The number of methoxy groups -OCH3 is 1. The SMILES string of the molecule is COc1ccccc1CN(C)C(=O)c1cc(S(=O)(=O)NC(C)(C)C)ccc1C. The van der Waals surface area contributed by atoms with Gasteiger partial charge in [0.05, 0.1) is 12.0 Å². The third-order valence-electron chi connectivity index (χ3n) is 4.14. The molecular weight excluding hydrogens is 376 g/mol. The maximum absolute atomic E-state index is 13.0. The number of carbonyl (C=O) groups excluding carboxylic acids is 1. The second-order valence-corrected chi connectivity index (χ2v) is 9.49. The number of amides is 1. The van der Waals surface area contributed by atoms with Crippen LogP contribution in [-0.4, -0.2) is 38.9 Å². The number of nitrogens with zero attached hydrogens (tertiary/aromatic N) is 1. The molecule has 2 aromatic rings. The second-order valence-electron chi connectivity index (χ2n) is 7.81. The Labute approximate surface area is 167 Å². The van der Waals surface area contributed by atoms with Crippen LogP contribution in [-0.2, 0) is 16.6 Å². The summed E-state index contributed by atoms with van der Waals surface area (Å²) in [6, 6.07) is 12.1. The van der Waals surface area contributed by atoms with Crippen LogP contribution in [0.3, 0.4) is 0 Å². The quantitative estimate of drug-likeness (QED) is 0.801. The van der Waals surface area contributed by atoms with Crippen molar-refractivity contribution < 1.29 is 17.9 Å². The Morgan fingerprint density at radius 2 is 1.79 bits per heavy atom. The molecule has 0 spiro atoms. The van der Waals surface area contributed by atoms with Crippen LogP contribution in [0.5, 0.6) is 5.75 Å². The van der Waals surface area contributed by atoms with Gasteiger partial charge in [-0.15, -0.1) is 0 Å². The number of hydrogen-bond acceptors (Lipinski definition) is 4. The molecule has 0 saturated heterocycles. The van der Waals surface area contributed by atoms with Crippen LogP contribution >= 0.6 is 0 Å². The van der Waals surface area contributed by atoms with E-state index in [2.05, 4.69) is 4.72 Å². The van der Waals surface area contributed by atoms with E-state index >= 15 is 0 Å². The molecular formula is C21H28N2O4S. The molecule has 0 fully saturated rings. The predicted octanol–water partition coefficient (Wildman–Crippen LogP) is 3.35. The minimum absolute atomic E-state index is 0.0714. The summed E-state index contributed by atoms with van der Waals surface area (Å²) in [6.07, 6.45) is 0. The Morgan fingerprint density at radius 1 is 1.14 bits per heavy atom. The Balaban J connectivity index is 2.32. The molecule has 0 aliphatic carbocycles. The monoisotopic (exact) mass is 404 g/mol. The summed E-state index contributed by atoms with van der Waals surface area (Å²) < 4.78 is 33.2. The predicted molar refractivity (Wildman–Crippen MR) is 110 cm³/mol. The van der Waals surface area contributed by atoms with Crippen LogP contribution in [0, 0.1) is 6.92 Å². The number of sulfonamides is 1. The summed E-state index contributed by atoms with van der Waals surface area (Å²) in [5.41, 5.74) is 1.33. The third kappa shape index (κ3) is 5.33. The number of para-hydroxylation sites is 1. The maximum atomic E-state index is 13.0. The molecule has 2 rings (SSSR count). The highest BCUT2D eigenvalue weighted by Crippen LogP contribution is 2.22. The molecule has 0 aliphatic rings. The van der Waals surface area contributed by atoms with Crippen molar-refractivity contribution in [2.24, 2.45) is 0 Å². The Kier molecular flexibility index (Phi) is 6.52. The van der Waals surface area contributed by atoms with Crippen LogP contribution < -0.4 is 9.46 Å². The van der Waals surface area contributed by atoms with E-state index in [1.165, 1.54) is 12.1 Å². The topological polar surface area (TPSA) is 75.7 Å². The van der Waals surface area contributed by atoms with Crippen molar-refractivity contribution in [2.75, 3.05) is 14.2 Å². The van der Waals surface area contributed by atoms with Gasteiger partial charge in [-0.05, 0) is 51.5 Å². The van der Waals surface area contributed by atoms with Crippen molar-refractivity contribution >= 4 is 15.9 Å². The van der Waals surface area contributed by atoms with E-state index in [0.29, 0.717) is 23.4 Å². The zero-order chi connectivity index (χ0) is 21.1. The van der Waals surface area contributed by atoms with Crippen LogP contribution in [0.1, 0.15) is 42.3 Å². The summed E-state index contributed by atoms with van der Waals surface area (Å²) in [5, 5.41) is 0. The molecule has 6 nitrogen and oxygen atoms in total. The molecule has 152 valence electrons. The van der Waals surface area contributed by atoms with Crippen molar-refractivity contribution in [2.45, 2.75) is 44.7 Å². The summed E-state index contributed by atoms with van der Waals surface area (Å²) in [7, 11) is -0.459. The molecule has 1 N–H and O–H groups in total. The van der Waals surface area contributed by atoms with Crippen LogP contribution in [0.4, 0.5) is 0 Å². The molecule has 0 atom stereocenters. The largest absolute Gasteiger partial charge is 0.496 e. The highest BCUT2D eigenvalue weighted by Gasteiger charge is 2.24. The van der Waals surface area contributed by atoms with Gasteiger partial charge in [0.15, 0.2) is 0 Å². The maximum Gasteiger partial charge on any atom is 0.254 e. The normalized spacial score (nSPS) is 11.9. The fourth-order valence-corrected chi connectivity index (χ4v) is 4.27. The number of rotatable bonds is 6. The first-order valence-electron chi connectivity index (χ1n) is 8.96. The van der Waals surface area contributed by atoms with Crippen LogP contribution in [0.25, 0.3) is 0 Å². The molecule has 1 amide bonds. The number of hydrogen-bond donors (Lipinski definition) is 1. The van der Waals surface area contributed by atoms with Gasteiger partial charge in [0.2, 0.25) is 10.0 Å². The average Bonchev–Trinajstić information content (AvgIpc) is 2.59. The van der Waals surface area contributed by atoms with E-state index < -0.39 is 15.6 Å². The van der Waals surface area contributed by atoms with Gasteiger partial charge in [0, 0.05) is 30.3 Å². The van der Waals surface area contributed by atoms with Crippen molar-refractivity contribution in [3.63, 3.8) is 0 Å². The molecule has 0 heterocycles. The van der Waals surface area contributed by atoms with Gasteiger partial charge in [0.1, 0.15) is 5.75 Å². The number of ether oxygens (including phenoxy) is 1. The van der Waals surface area contributed by atoms with E-state index in [1.54, 1.807) is 52.8 Å². The number of carbonyl (C=O) groups is 1. The zero-order valence-corrected chi connectivity index (χ0v) is 18.1. The lowest BCUT2D eigenvalue weighted by atomic mass is 10.1. The fraction of sp³-hybridized carbons (Fsp3) is 0.381.